The number of H-pyrrole nitrogens is 1. The zero-order valence-electron chi connectivity index (χ0n) is 18.5. The van der Waals surface area contributed by atoms with Gasteiger partial charge in [0.1, 0.15) is 11.5 Å². The third-order valence-corrected chi connectivity index (χ3v) is 6.44. The Morgan fingerprint density at radius 3 is 2.74 bits per heavy atom. The summed E-state index contributed by atoms with van der Waals surface area (Å²) >= 11 is 0. The molecule has 31 heavy (non-hydrogen) atoms. The van der Waals surface area contributed by atoms with Crippen LogP contribution in [0.2, 0.25) is 0 Å². The van der Waals surface area contributed by atoms with Gasteiger partial charge in [0.15, 0.2) is 0 Å². The molecule has 1 aliphatic rings. The molecule has 1 aromatic carbocycles. The molecule has 1 aliphatic carbocycles. The van der Waals surface area contributed by atoms with Crippen molar-refractivity contribution in [1.82, 2.24) is 20.2 Å². The van der Waals surface area contributed by atoms with Gasteiger partial charge in [-0.3, -0.25) is 9.78 Å². The summed E-state index contributed by atoms with van der Waals surface area (Å²) in [4.78, 5) is 22.8. The van der Waals surface area contributed by atoms with Crippen LogP contribution in [0.1, 0.15) is 62.5 Å². The lowest BCUT2D eigenvalue weighted by Gasteiger charge is -2.40. The fourth-order valence-corrected chi connectivity index (χ4v) is 4.83. The molecule has 1 fully saturated rings. The summed E-state index contributed by atoms with van der Waals surface area (Å²) in [7, 11) is 0. The number of halogens is 1. The van der Waals surface area contributed by atoms with Crippen LogP contribution in [0.4, 0.5) is 4.39 Å². The normalized spacial score (nSPS) is 19.5. The van der Waals surface area contributed by atoms with E-state index in [0.29, 0.717) is 18.3 Å². The smallest absolute Gasteiger partial charge is 0.270 e. The number of aromatic nitrogens is 2. The molecule has 3 aromatic rings. The minimum absolute atomic E-state index is 0.0314. The predicted octanol–water partition coefficient (Wildman–Crippen LogP) is 5.00. The minimum Gasteiger partial charge on any atom is -0.349 e. The van der Waals surface area contributed by atoms with Crippen LogP contribution >= 0.6 is 0 Å². The SMILES string of the molecule is CCN(C(=O)c1cc2ncccc2[nH]1)[C@H]1CCC[C@@H](NC(C)(C)c2ccc(F)cc2)C1. The van der Waals surface area contributed by atoms with Gasteiger partial charge >= 0.3 is 0 Å². The molecule has 1 amide bonds. The number of nitrogens with one attached hydrogen (secondary N) is 2. The van der Waals surface area contributed by atoms with Gasteiger partial charge in [-0.1, -0.05) is 12.1 Å². The molecule has 0 aliphatic heterocycles. The monoisotopic (exact) mass is 422 g/mol. The quantitative estimate of drug-likeness (QED) is 0.588. The number of amides is 1. The Bertz CT molecular complexity index is 1010. The fraction of sp³-hybridized carbons (Fsp3) is 0.440. The van der Waals surface area contributed by atoms with E-state index in [1.165, 1.54) is 12.1 Å². The van der Waals surface area contributed by atoms with Crippen molar-refractivity contribution in [2.24, 2.45) is 0 Å². The lowest BCUT2D eigenvalue weighted by atomic mass is 9.86. The van der Waals surface area contributed by atoms with Crippen molar-refractivity contribution < 1.29 is 9.18 Å². The topological polar surface area (TPSA) is 61.0 Å². The molecule has 2 aromatic heterocycles. The molecule has 2 atom stereocenters. The molecule has 4 rings (SSSR count). The molecule has 2 heterocycles. The van der Waals surface area contributed by atoms with Gasteiger partial charge in [-0.25, -0.2) is 4.39 Å². The van der Waals surface area contributed by atoms with Crippen LogP contribution in [0.3, 0.4) is 0 Å². The second-order valence-electron chi connectivity index (χ2n) is 9.00. The first-order chi connectivity index (χ1) is 14.9. The Balaban J connectivity index is 1.47. The fourth-order valence-electron chi connectivity index (χ4n) is 4.83. The van der Waals surface area contributed by atoms with E-state index in [1.54, 1.807) is 6.20 Å². The summed E-state index contributed by atoms with van der Waals surface area (Å²) in [5.41, 5.74) is 3.07. The number of nitrogens with zero attached hydrogens (tertiary/aromatic N) is 2. The second kappa shape index (κ2) is 8.79. The van der Waals surface area contributed by atoms with E-state index in [1.807, 2.05) is 42.2 Å². The van der Waals surface area contributed by atoms with Crippen molar-refractivity contribution in [2.45, 2.75) is 64.1 Å². The number of aromatic amines is 1. The van der Waals surface area contributed by atoms with Gasteiger partial charge in [0.25, 0.3) is 5.91 Å². The molecule has 0 bridgehead atoms. The number of carbonyl (C=O) groups excluding carboxylic acids is 1. The lowest BCUT2D eigenvalue weighted by Crippen LogP contribution is -2.51. The van der Waals surface area contributed by atoms with Crippen LogP contribution in [0, 0.1) is 5.82 Å². The summed E-state index contributed by atoms with van der Waals surface area (Å²) in [5, 5.41) is 3.76. The van der Waals surface area contributed by atoms with Gasteiger partial charge in [0.05, 0.1) is 11.0 Å². The van der Waals surface area contributed by atoms with E-state index in [0.717, 1.165) is 42.3 Å². The number of fused-ring (bicyclic) bond motifs is 1. The Labute approximate surface area is 183 Å². The zero-order valence-corrected chi connectivity index (χ0v) is 18.5. The highest BCUT2D eigenvalue weighted by molar-refractivity contribution is 5.97. The Hall–Kier alpha value is -2.73. The van der Waals surface area contributed by atoms with E-state index in [4.69, 9.17) is 0 Å². The molecule has 0 radical (unpaired) electrons. The van der Waals surface area contributed by atoms with Crippen molar-refractivity contribution >= 4 is 16.9 Å². The van der Waals surface area contributed by atoms with E-state index in [-0.39, 0.29) is 23.3 Å². The van der Waals surface area contributed by atoms with Crippen LogP contribution in [0.25, 0.3) is 11.0 Å². The summed E-state index contributed by atoms with van der Waals surface area (Å²) in [5.74, 6) is -0.189. The van der Waals surface area contributed by atoms with Gasteiger partial charge in [0.2, 0.25) is 0 Å². The number of hydrogen-bond acceptors (Lipinski definition) is 3. The highest BCUT2D eigenvalue weighted by Crippen LogP contribution is 2.29. The van der Waals surface area contributed by atoms with E-state index >= 15 is 0 Å². The zero-order chi connectivity index (χ0) is 22.0. The van der Waals surface area contributed by atoms with Gasteiger partial charge < -0.3 is 15.2 Å². The maximum Gasteiger partial charge on any atom is 0.270 e. The van der Waals surface area contributed by atoms with Crippen molar-refractivity contribution in [3.8, 4) is 0 Å². The molecule has 5 nitrogen and oxygen atoms in total. The van der Waals surface area contributed by atoms with E-state index in [2.05, 4.69) is 29.1 Å². The van der Waals surface area contributed by atoms with E-state index in [9.17, 15) is 9.18 Å². The van der Waals surface area contributed by atoms with Gasteiger partial charge in [0, 0.05) is 30.4 Å². The molecule has 2 N–H and O–H groups in total. The number of hydrogen-bond donors (Lipinski definition) is 2. The number of pyridine rings is 1. The van der Waals surface area contributed by atoms with Gasteiger partial charge in [-0.2, -0.15) is 0 Å². The van der Waals surface area contributed by atoms with E-state index < -0.39 is 0 Å². The number of benzene rings is 1. The Morgan fingerprint density at radius 1 is 1.26 bits per heavy atom. The standard InChI is InChI=1S/C25H31FN4O/c1-4-30(24(31)23-16-22-21(28-23)9-6-14-27-22)20-8-5-7-19(15-20)29-25(2,3)17-10-12-18(26)13-11-17/h6,9-14,16,19-20,28-29H,4-5,7-8,15H2,1-3H3/t19-,20+/m1/s1. The van der Waals surface area contributed by atoms with Crippen LogP contribution in [-0.4, -0.2) is 39.4 Å². The number of rotatable bonds is 6. The minimum atomic E-state index is -0.274. The average Bonchev–Trinajstić information content (AvgIpc) is 3.19. The third kappa shape index (κ3) is 4.64. The van der Waals surface area contributed by atoms with Gasteiger partial charge in [-0.15, -0.1) is 0 Å². The Morgan fingerprint density at radius 2 is 2.03 bits per heavy atom. The molecule has 164 valence electrons. The van der Waals surface area contributed by atoms with Crippen molar-refractivity contribution in [2.75, 3.05) is 6.54 Å². The third-order valence-electron chi connectivity index (χ3n) is 6.44. The maximum atomic E-state index is 13.3. The highest BCUT2D eigenvalue weighted by atomic mass is 19.1. The predicted molar refractivity (Wildman–Crippen MR) is 121 cm³/mol. The van der Waals surface area contributed by atoms with Crippen molar-refractivity contribution in [1.29, 1.82) is 0 Å². The summed E-state index contributed by atoms with van der Waals surface area (Å²) in [6.07, 6.45) is 5.79. The molecular formula is C25H31FN4O. The Kier molecular flexibility index (Phi) is 6.10. The number of carbonyl (C=O) groups is 1. The largest absolute Gasteiger partial charge is 0.349 e. The molecule has 0 spiro atoms. The second-order valence-corrected chi connectivity index (χ2v) is 9.00. The molecular weight excluding hydrogens is 391 g/mol. The lowest BCUT2D eigenvalue weighted by molar-refractivity contribution is 0.0614. The average molecular weight is 423 g/mol. The first kappa shape index (κ1) is 21.5. The first-order valence-corrected chi connectivity index (χ1v) is 11.2. The van der Waals surface area contributed by atoms with Crippen LogP contribution in [-0.2, 0) is 5.54 Å². The summed E-state index contributed by atoms with van der Waals surface area (Å²) < 4.78 is 13.3. The van der Waals surface area contributed by atoms with Crippen LogP contribution in [0.15, 0.2) is 48.7 Å². The van der Waals surface area contributed by atoms with Crippen LogP contribution < -0.4 is 5.32 Å². The molecule has 1 saturated carbocycles. The van der Waals surface area contributed by atoms with Crippen molar-refractivity contribution in [3.05, 3.63) is 65.7 Å². The molecule has 0 saturated heterocycles. The molecule has 0 unspecified atom stereocenters. The van der Waals surface area contributed by atoms with Gasteiger partial charge in [-0.05, 0) is 82.3 Å². The van der Waals surface area contributed by atoms with Crippen LogP contribution in [0.5, 0.6) is 0 Å². The van der Waals surface area contributed by atoms with Crippen molar-refractivity contribution in [3.63, 3.8) is 0 Å². The molecule has 6 heteroatoms. The highest BCUT2D eigenvalue weighted by Gasteiger charge is 2.33. The summed E-state index contributed by atoms with van der Waals surface area (Å²) in [6.45, 7) is 6.97. The first-order valence-electron chi connectivity index (χ1n) is 11.2. The summed E-state index contributed by atoms with van der Waals surface area (Å²) in [6, 6.07) is 12.8. The maximum absolute atomic E-state index is 13.3.